The third-order valence-electron chi connectivity index (χ3n) is 7.89. The summed E-state index contributed by atoms with van der Waals surface area (Å²) in [7, 11) is 0. The number of nitrogens with zero attached hydrogens (tertiary/aromatic N) is 5. The average Bonchev–Trinajstić information content (AvgIpc) is 3.38. The summed E-state index contributed by atoms with van der Waals surface area (Å²) in [5.74, 6) is -0.593. The van der Waals surface area contributed by atoms with Gasteiger partial charge in [-0.1, -0.05) is 24.3 Å². The molecule has 3 heterocycles. The standard InChI is InChI=1S/C31H26FN7O2/c32-22-9-11-23(12-10-22)38-14-13-24(27(30(35)40)31(38)41)19-5-7-20(8-6-19)25-15-26(21-3-1-18(16-33)2-4-21)39-28(25)29(34)36-17-37-39/h5-15,17-18,21H,1-4H2,(H2,35,40)(H2,34,36,37). The number of nitriles is 1. The molecule has 1 aliphatic carbocycles. The highest BCUT2D eigenvalue weighted by Gasteiger charge is 2.27. The van der Waals surface area contributed by atoms with E-state index in [0.717, 1.165) is 42.5 Å². The van der Waals surface area contributed by atoms with Crippen molar-refractivity contribution in [1.29, 1.82) is 5.26 Å². The van der Waals surface area contributed by atoms with E-state index in [2.05, 4.69) is 22.2 Å². The van der Waals surface area contributed by atoms with Crippen LogP contribution >= 0.6 is 0 Å². The topological polar surface area (TPSA) is 145 Å². The SMILES string of the molecule is N#CC1CCC(c2cc(-c3ccc(-c4ccn(-c5ccc(F)cc5)c(=O)c4C(N)=O)cc3)c3c(N)ncnn23)CC1. The molecule has 0 spiro atoms. The zero-order valence-corrected chi connectivity index (χ0v) is 22.0. The number of hydrogen-bond donors (Lipinski definition) is 2. The lowest BCUT2D eigenvalue weighted by Gasteiger charge is -2.24. The van der Waals surface area contributed by atoms with Crippen LogP contribution < -0.4 is 17.0 Å². The van der Waals surface area contributed by atoms with Crippen molar-refractivity contribution < 1.29 is 9.18 Å². The minimum absolute atomic E-state index is 0.0901. The number of fused-ring (bicyclic) bond motifs is 1. The molecule has 41 heavy (non-hydrogen) atoms. The number of nitrogens with two attached hydrogens (primary N) is 2. The molecule has 3 aromatic heterocycles. The highest BCUT2D eigenvalue weighted by Crippen LogP contribution is 2.40. The Hall–Kier alpha value is -5.30. The maximum Gasteiger partial charge on any atom is 0.268 e. The van der Waals surface area contributed by atoms with E-state index in [9.17, 15) is 19.2 Å². The van der Waals surface area contributed by atoms with Gasteiger partial charge in [0.25, 0.3) is 11.5 Å². The minimum Gasteiger partial charge on any atom is -0.382 e. The Morgan fingerprint density at radius 3 is 2.27 bits per heavy atom. The molecule has 1 amide bonds. The molecule has 4 N–H and O–H groups in total. The molecule has 0 unspecified atom stereocenters. The molecule has 0 aliphatic heterocycles. The van der Waals surface area contributed by atoms with Crippen LogP contribution in [0.5, 0.6) is 0 Å². The summed E-state index contributed by atoms with van der Waals surface area (Å²) < 4.78 is 16.5. The van der Waals surface area contributed by atoms with E-state index in [-0.39, 0.29) is 17.4 Å². The van der Waals surface area contributed by atoms with Gasteiger partial charge in [-0.05, 0) is 73.2 Å². The number of amides is 1. The first-order valence-corrected chi connectivity index (χ1v) is 13.3. The van der Waals surface area contributed by atoms with E-state index in [1.54, 1.807) is 6.07 Å². The molecule has 6 rings (SSSR count). The Morgan fingerprint density at radius 1 is 0.976 bits per heavy atom. The quantitative estimate of drug-likeness (QED) is 0.322. The van der Waals surface area contributed by atoms with Crippen molar-refractivity contribution in [2.75, 3.05) is 5.73 Å². The van der Waals surface area contributed by atoms with Gasteiger partial charge in [-0.15, -0.1) is 0 Å². The van der Waals surface area contributed by atoms with Gasteiger partial charge >= 0.3 is 0 Å². The summed E-state index contributed by atoms with van der Waals surface area (Å²) in [4.78, 5) is 29.9. The Bertz CT molecular complexity index is 1880. The molecule has 204 valence electrons. The monoisotopic (exact) mass is 547 g/mol. The summed E-state index contributed by atoms with van der Waals surface area (Å²) in [6.07, 6.45) is 6.47. The molecule has 1 saturated carbocycles. The van der Waals surface area contributed by atoms with Crippen LogP contribution in [0.3, 0.4) is 0 Å². The Labute approximate surface area is 234 Å². The number of carbonyl (C=O) groups is 1. The Balaban J connectivity index is 1.39. The van der Waals surface area contributed by atoms with Gasteiger partial charge in [0.15, 0.2) is 5.82 Å². The fraction of sp³-hybridized carbons (Fsp3) is 0.194. The van der Waals surface area contributed by atoms with Crippen LogP contribution in [0.2, 0.25) is 0 Å². The van der Waals surface area contributed by atoms with Crippen molar-refractivity contribution in [3.05, 3.63) is 101 Å². The number of aromatic nitrogens is 4. The van der Waals surface area contributed by atoms with E-state index in [4.69, 9.17) is 11.5 Å². The molecular formula is C31H26FN7O2. The molecule has 5 aromatic rings. The first kappa shape index (κ1) is 26.0. The maximum atomic E-state index is 13.4. The number of anilines is 1. The summed E-state index contributed by atoms with van der Waals surface area (Å²) in [5, 5.41) is 13.8. The van der Waals surface area contributed by atoms with Gasteiger partial charge in [0.1, 0.15) is 23.2 Å². The lowest BCUT2D eigenvalue weighted by molar-refractivity contribution is 0.0999. The first-order valence-electron chi connectivity index (χ1n) is 13.3. The molecule has 9 nitrogen and oxygen atoms in total. The van der Waals surface area contributed by atoms with Gasteiger partial charge in [0.05, 0.1) is 6.07 Å². The van der Waals surface area contributed by atoms with Crippen molar-refractivity contribution in [3.8, 4) is 34.0 Å². The summed E-state index contributed by atoms with van der Waals surface area (Å²) in [5.41, 5.74) is 16.1. The lowest BCUT2D eigenvalue weighted by Crippen LogP contribution is -2.29. The van der Waals surface area contributed by atoms with Gasteiger partial charge in [-0.25, -0.2) is 13.9 Å². The predicted molar refractivity (Wildman–Crippen MR) is 153 cm³/mol. The average molecular weight is 548 g/mol. The van der Waals surface area contributed by atoms with Gasteiger partial charge in [0, 0.05) is 40.5 Å². The van der Waals surface area contributed by atoms with Crippen LogP contribution in [-0.4, -0.2) is 25.1 Å². The number of pyridine rings is 1. The number of primary amides is 1. The minimum atomic E-state index is -0.857. The second-order valence-electron chi connectivity index (χ2n) is 10.3. The molecule has 0 radical (unpaired) electrons. The van der Waals surface area contributed by atoms with E-state index in [1.807, 2.05) is 28.8 Å². The number of carbonyl (C=O) groups excluding carboxylic acids is 1. The van der Waals surface area contributed by atoms with E-state index >= 15 is 0 Å². The van der Waals surface area contributed by atoms with E-state index in [1.165, 1.54) is 41.4 Å². The zero-order valence-electron chi connectivity index (χ0n) is 22.0. The van der Waals surface area contributed by atoms with E-state index in [0.29, 0.717) is 28.1 Å². The van der Waals surface area contributed by atoms with Crippen molar-refractivity contribution >= 4 is 17.2 Å². The van der Waals surface area contributed by atoms with Crippen LogP contribution in [0.25, 0.3) is 33.5 Å². The van der Waals surface area contributed by atoms with Gasteiger partial charge < -0.3 is 11.5 Å². The van der Waals surface area contributed by atoms with Crippen LogP contribution in [-0.2, 0) is 0 Å². The Kier molecular flexibility index (Phi) is 6.55. The molecule has 0 atom stereocenters. The lowest BCUT2D eigenvalue weighted by atomic mass is 9.81. The van der Waals surface area contributed by atoms with Gasteiger partial charge in [-0.3, -0.25) is 14.2 Å². The van der Waals surface area contributed by atoms with Crippen molar-refractivity contribution in [2.45, 2.75) is 31.6 Å². The number of rotatable bonds is 5. The van der Waals surface area contributed by atoms with Crippen LogP contribution in [0.4, 0.5) is 10.2 Å². The smallest absolute Gasteiger partial charge is 0.268 e. The van der Waals surface area contributed by atoms with Crippen LogP contribution in [0, 0.1) is 23.1 Å². The maximum absolute atomic E-state index is 13.4. The first-order chi connectivity index (χ1) is 19.9. The van der Waals surface area contributed by atoms with Crippen molar-refractivity contribution in [2.24, 2.45) is 11.7 Å². The summed E-state index contributed by atoms with van der Waals surface area (Å²) >= 11 is 0. The van der Waals surface area contributed by atoms with Crippen LogP contribution in [0.15, 0.2) is 78.0 Å². The largest absolute Gasteiger partial charge is 0.382 e. The fourth-order valence-corrected chi connectivity index (χ4v) is 5.77. The number of nitrogen functional groups attached to an aromatic ring is 1. The van der Waals surface area contributed by atoms with Crippen molar-refractivity contribution in [3.63, 3.8) is 0 Å². The third-order valence-corrected chi connectivity index (χ3v) is 7.89. The molecular weight excluding hydrogens is 521 g/mol. The van der Waals surface area contributed by atoms with E-state index < -0.39 is 17.3 Å². The molecule has 1 fully saturated rings. The second-order valence-corrected chi connectivity index (χ2v) is 10.3. The molecule has 0 saturated heterocycles. The van der Waals surface area contributed by atoms with Crippen LogP contribution in [0.1, 0.15) is 47.7 Å². The number of benzene rings is 2. The second kappa shape index (κ2) is 10.4. The van der Waals surface area contributed by atoms with Gasteiger partial charge in [-0.2, -0.15) is 10.4 Å². The normalized spacial score (nSPS) is 16.9. The van der Waals surface area contributed by atoms with Crippen molar-refractivity contribution in [1.82, 2.24) is 19.2 Å². The predicted octanol–water partition coefficient (Wildman–Crippen LogP) is 4.83. The third kappa shape index (κ3) is 4.61. The number of halogens is 1. The summed E-state index contributed by atoms with van der Waals surface area (Å²) in [6, 6.07) is 18.9. The fourth-order valence-electron chi connectivity index (χ4n) is 5.77. The highest BCUT2D eigenvalue weighted by atomic mass is 19.1. The molecule has 1 aliphatic rings. The number of hydrogen-bond acceptors (Lipinski definition) is 6. The zero-order chi connectivity index (χ0) is 28.7. The molecule has 0 bridgehead atoms. The Morgan fingerprint density at radius 2 is 1.63 bits per heavy atom. The van der Waals surface area contributed by atoms with Gasteiger partial charge in [0.2, 0.25) is 0 Å². The highest BCUT2D eigenvalue weighted by molar-refractivity contribution is 5.99. The molecule has 10 heteroatoms. The molecule has 2 aromatic carbocycles. The summed E-state index contributed by atoms with van der Waals surface area (Å²) in [6.45, 7) is 0.